The summed E-state index contributed by atoms with van der Waals surface area (Å²) < 4.78 is 26.2. The number of phenols is 1. The van der Waals surface area contributed by atoms with E-state index in [2.05, 4.69) is 4.98 Å². The summed E-state index contributed by atoms with van der Waals surface area (Å²) in [5.74, 6) is 0.0250. The summed E-state index contributed by atoms with van der Waals surface area (Å²) in [6.45, 7) is 0.425. The molecule has 1 N–H and O–H groups in total. The number of pyridine rings is 1. The van der Waals surface area contributed by atoms with E-state index in [-0.39, 0.29) is 10.6 Å². The van der Waals surface area contributed by atoms with Gasteiger partial charge in [0.2, 0.25) is 10.0 Å². The van der Waals surface area contributed by atoms with Crippen molar-refractivity contribution in [3.05, 3.63) is 30.0 Å². The molecule has 2 rings (SSSR count). The molecular weight excluding hydrogens is 290 g/mol. The van der Waals surface area contributed by atoms with Crippen LogP contribution < -0.4 is 0 Å². The Morgan fingerprint density at radius 3 is 2.48 bits per heavy atom. The van der Waals surface area contributed by atoms with Crippen molar-refractivity contribution in [1.29, 1.82) is 0 Å². The molecule has 1 aromatic carbocycles. The highest BCUT2D eigenvalue weighted by Crippen LogP contribution is 2.33. The van der Waals surface area contributed by atoms with Gasteiger partial charge >= 0.3 is 0 Å². The Labute approximate surface area is 124 Å². The first kappa shape index (κ1) is 15.7. The standard InChI is InChI=1S/C14H19N3O3S/c1-16(2)9-10-8-12(21(19,20)17(3)4)11-6-5-7-15-13(11)14(10)18/h5-8,18H,9H2,1-4H3. The summed E-state index contributed by atoms with van der Waals surface area (Å²) in [6.07, 6.45) is 1.54. The zero-order chi connectivity index (χ0) is 15.8. The van der Waals surface area contributed by atoms with Crippen molar-refractivity contribution in [1.82, 2.24) is 14.2 Å². The molecule has 0 fully saturated rings. The number of hydrogen-bond acceptors (Lipinski definition) is 5. The summed E-state index contributed by atoms with van der Waals surface area (Å²) in [5.41, 5.74) is 0.837. The van der Waals surface area contributed by atoms with Gasteiger partial charge in [-0.25, -0.2) is 12.7 Å². The quantitative estimate of drug-likeness (QED) is 0.920. The molecule has 0 spiro atoms. The van der Waals surface area contributed by atoms with Gasteiger partial charge in [0.15, 0.2) is 0 Å². The number of nitrogens with zero attached hydrogens (tertiary/aromatic N) is 3. The Hall–Kier alpha value is -1.70. The highest BCUT2D eigenvalue weighted by molar-refractivity contribution is 7.89. The van der Waals surface area contributed by atoms with Crippen molar-refractivity contribution in [3.63, 3.8) is 0 Å². The SMILES string of the molecule is CN(C)Cc1cc(S(=O)(=O)N(C)C)c2cccnc2c1O. The zero-order valence-electron chi connectivity index (χ0n) is 12.5. The van der Waals surface area contributed by atoms with Crippen LogP contribution in [0.3, 0.4) is 0 Å². The van der Waals surface area contributed by atoms with Crippen LogP contribution in [-0.4, -0.2) is 55.9 Å². The van der Waals surface area contributed by atoms with Gasteiger partial charge in [-0.15, -0.1) is 0 Å². The first-order chi connectivity index (χ1) is 9.75. The fourth-order valence-corrected chi connectivity index (χ4v) is 3.25. The van der Waals surface area contributed by atoms with E-state index in [0.717, 1.165) is 4.31 Å². The molecule has 0 atom stereocenters. The van der Waals surface area contributed by atoms with Crippen LogP contribution in [0.25, 0.3) is 10.9 Å². The number of rotatable bonds is 4. The molecule has 2 aromatic rings. The summed E-state index contributed by atoms with van der Waals surface area (Å²) in [7, 11) is 3.05. The van der Waals surface area contributed by atoms with E-state index in [1.54, 1.807) is 12.1 Å². The van der Waals surface area contributed by atoms with E-state index in [4.69, 9.17) is 0 Å². The minimum absolute atomic E-state index is 0.0250. The van der Waals surface area contributed by atoms with Gasteiger partial charge in [-0.1, -0.05) is 0 Å². The highest BCUT2D eigenvalue weighted by Gasteiger charge is 2.24. The third-order valence-electron chi connectivity index (χ3n) is 3.15. The first-order valence-electron chi connectivity index (χ1n) is 6.42. The van der Waals surface area contributed by atoms with Crippen LogP contribution in [0.4, 0.5) is 0 Å². The van der Waals surface area contributed by atoms with E-state index in [1.807, 2.05) is 19.0 Å². The molecule has 0 unspecified atom stereocenters. The van der Waals surface area contributed by atoms with Gasteiger partial charge in [-0.2, -0.15) is 0 Å². The molecule has 21 heavy (non-hydrogen) atoms. The molecular formula is C14H19N3O3S. The molecule has 0 amide bonds. The molecule has 0 saturated heterocycles. The van der Waals surface area contributed by atoms with Crippen LogP contribution in [0, 0.1) is 0 Å². The average Bonchev–Trinajstić information content (AvgIpc) is 2.41. The molecule has 7 heteroatoms. The number of hydrogen-bond donors (Lipinski definition) is 1. The summed E-state index contributed by atoms with van der Waals surface area (Å²) in [4.78, 5) is 6.15. The van der Waals surface area contributed by atoms with Crippen LogP contribution >= 0.6 is 0 Å². The average molecular weight is 309 g/mol. The molecule has 0 aliphatic carbocycles. The van der Waals surface area contributed by atoms with E-state index in [0.29, 0.717) is 23.0 Å². The first-order valence-corrected chi connectivity index (χ1v) is 7.86. The zero-order valence-corrected chi connectivity index (χ0v) is 13.3. The molecule has 0 aliphatic rings. The van der Waals surface area contributed by atoms with Crippen LogP contribution in [0.2, 0.25) is 0 Å². The van der Waals surface area contributed by atoms with Gasteiger partial charge < -0.3 is 10.0 Å². The minimum atomic E-state index is -3.61. The van der Waals surface area contributed by atoms with Crippen molar-refractivity contribution in [3.8, 4) is 5.75 Å². The smallest absolute Gasteiger partial charge is 0.243 e. The number of benzene rings is 1. The minimum Gasteiger partial charge on any atom is -0.505 e. The third kappa shape index (κ3) is 2.85. The topological polar surface area (TPSA) is 73.7 Å². The Morgan fingerprint density at radius 2 is 1.90 bits per heavy atom. The van der Waals surface area contributed by atoms with E-state index < -0.39 is 10.0 Å². The second-order valence-corrected chi connectivity index (χ2v) is 7.43. The van der Waals surface area contributed by atoms with Gasteiger partial charge in [-0.05, 0) is 32.3 Å². The van der Waals surface area contributed by atoms with Crippen molar-refractivity contribution in [2.75, 3.05) is 28.2 Å². The van der Waals surface area contributed by atoms with Crippen molar-refractivity contribution >= 4 is 20.9 Å². The maximum absolute atomic E-state index is 12.5. The Kier molecular flexibility index (Phi) is 4.18. The molecule has 114 valence electrons. The van der Waals surface area contributed by atoms with E-state index >= 15 is 0 Å². The van der Waals surface area contributed by atoms with Crippen LogP contribution in [0.15, 0.2) is 29.3 Å². The lowest BCUT2D eigenvalue weighted by molar-refractivity contribution is 0.386. The largest absolute Gasteiger partial charge is 0.505 e. The lowest BCUT2D eigenvalue weighted by Gasteiger charge is -2.17. The van der Waals surface area contributed by atoms with Crippen LogP contribution in [-0.2, 0) is 16.6 Å². The van der Waals surface area contributed by atoms with Gasteiger partial charge in [0, 0.05) is 37.8 Å². The molecule has 0 bridgehead atoms. The molecule has 0 aliphatic heterocycles. The summed E-state index contributed by atoms with van der Waals surface area (Å²) in [6, 6.07) is 4.83. The summed E-state index contributed by atoms with van der Waals surface area (Å²) >= 11 is 0. The molecule has 6 nitrogen and oxygen atoms in total. The van der Waals surface area contributed by atoms with E-state index in [1.165, 1.54) is 26.4 Å². The fourth-order valence-electron chi connectivity index (χ4n) is 2.12. The Balaban J connectivity index is 2.84. The molecule has 1 aromatic heterocycles. The van der Waals surface area contributed by atoms with Crippen LogP contribution in [0.1, 0.15) is 5.56 Å². The molecule has 1 heterocycles. The number of aromatic hydroxyl groups is 1. The normalized spacial score (nSPS) is 12.5. The van der Waals surface area contributed by atoms with Crippen molar-refractivity contribution in [2.45, 2.75) is 11.4 Å². The fraction of sp³-hybridized carbons (Fsp3) is 0.357. The van der Waals surface area contributed by atoms with Gasteiger partial charge in [-0.3, -0.25) is 4.98 Å². The second kappa shape index (κ2) is 5.59. The molecule has 0 saturated carbocycles. The predicted octanol–water partition coefficient (Wildman–Crippen LogP) is 1.25. The number of aromatic nitrogens is 1. The Morgan fingerprint density at radius 1 is 1.24 bits per heavy atom. The third-order valence-corrected chi connectivity index (χ3v) is 5.01. The maximum Gasteiger partial charge on any atom is 0.243 e. The second-order valence-electron chi connectivity index (χ2n) is 5.31. The van der Waals surface area contributed by atoms with Gasteiger partial charge in [0.25, 0.3) is 0 Å². The number of sulfonamides is 1. The van der Waals surface area contributed by atoms with Crippen LogP contribution in [0.5, 0.6) is 5.75 Å². The molecule has 0 radical (unpaired) electrons. The number of fused-ring (bicyclic) bond motifs is 1. The van der Waals surface area contributed by atoms with Crippen molar-refractivity contribution < 1.29 is 13.5 Å². The van der Waals surface area contributed by atoms with Gasteiger partial charge in [0.1, 0.15) is 11.3 Å². The van der Waals surface area contributed by atoms with E-state index in [9.17, 15) is 13.5 Å². The number of phenolic OH excluding ortho intramolecular Hbond substituents is 1. The Bertz CT molecular complexity index is 770. The van der Waals surface area contributed by atoms with Gasteiger partial charge in [0.05, 0.1) is 4.90 Å². The predicted molar refractivity (Wildman–Crippen MR) is 81.7 cm³/mol. The maximum atomic E-state index is 12.5. The highest BCUT2D eigenvalue weighted by atomic mass is 32.2. The monoisotopic (exact) mass is 309 g/mol. The summed E-state index contributed by atoms with van der Waals surface area (Å²) in [5, 5.41) is 10.8. The lowest BCUT2D eigenvalue weighted by Crippen LogP contribution is -2.23. The lowest BCUT2D eigenvalue weighted by atomic mass is 10.1. The van der Waals surface area contributed by atoms with Crippen molar-refractivity contribution in [2.24, 2.45) is 0 Å².